The Bertz CT molecular complexity index is 428. The second-order valence-corrected chi connectivity index (χ2v) is 4.75. The summed E-state index contributed by atoms with van der Waals surface area (Å²) in [6.45, 7) is -0.405. The minimum atomic E-state index is -4.62. The third-order valence-electron chi connectivity index (χ3n) is 2.72. The lowest BCUT2D eigenvalue weighted by Gasteiger charge is -2.26. The molecule has 0 saturated carbocycles. The number of nitrogens with zero attached hydrogens (tertiary/aromatic N) is 3. The van der Waals surface area contributed by atoms with Gasteiger partial charge in [-0.3, -0.25) is 0 Å². The second kappa shape index (κ2) is 4.09. The van der Waals surface area contributed by atoms with E-state index in [0.717, 1.165) is 0 Å². The molecule has 1 N–H and O–H groups in total. The molecule has 1 aliphatic rings. The van der Waals surface area contributed by atoms with Gasteiger partial charge in [-0.25, -0.2) is 9.97 Å². The Balaban J connectivity index is 2.22. The fourth-order valence-electron chi connectivity index (χ4n) is 1.74. The van der Waals surface area contributed by atoms with Crippen molar-refractivity contribution >= 4 is 21.7 Å². The summed E-state index contributed by atoms with van der Waals surface area (Å²) in [4.78, 5) is 9.02. The van der Waals surface area contributed by atoms with Gasteiger partial charge >= 0.3 is 6.18 Å². The highest BCUT2D eigenvalue weighted by molar-refractivity contribution is 9.10. The number of aromatic nitrogens is 2. The molecular formula is C9H9BrF3N3O. The standard InChI is InChI=1S/C9H9BrF3N3O/c10-6-3-14-5-15-7(6)16-2-1-8(17,4-16)9(11,12)13/h3,5,17H,1-2,4H2/t8-/m0/s1. The minimum absolute atomic E-state index is 0.103. The Morgan fingerprint density at radius 3 is 2.71 bits per heavy atom. The minimum Gasteiger partial charge on any atom is -0.379 e. The van der Waals surface area contributed by atoms with Gasteiger partial charge < -0.3 is 10.0 Å². The first-order chi connectivity index (χ1) is 7.83. The molecule has 0 radical (unpaired) electrons. The maximum absolute atomic E-state index is 12.6. The fraction of sp³-hybridized carbons (Fsp3) is 0.556. The number of halogens is 4. The van der Waals surface area contributed by atoms with E-state index in [1.807, 2.05) is 0 Å². The van der Waals surface area contributed by atoms with Gasteiger partial charge in [-0.1, -0.05) is 0 Å². The normalized spacial score (nSPS) is 25.4. The Morgan fingerprint density at radius 2 is 2.18 bits per heavy atom. The van der Waals surface area contributed by atoms with Gasteiger partial charge in [0.15, 0.2) is 5.60 Å². The van der Waals surface area contributed by atoms with E-state index in [1.54, 1.807) is 0 Å². The zero-order chi connectivity index (χ0) is 12.7. The molecule has 0 bridgehead atoms. The third-order valence-corrected chi connectivity index (χ3v) is 3.28. The van der Waals surface area contributed by atoms with E-state index in [0.29, 0.717) is 10.3 Å². The van der Waals surface area contributed by atoms with Gasteiger partial charge in [0.05, 0.1) is 11.0 Å². The quantitative estimate of drug-likeness (QED) is 0.858. The Labute approximate surface area is 104 Å². The average molecular weight is 312 g/mol. The van der Waals surface area contributed by atoms with Crippen LogP contribution in [0.5, 0.6) is 0 Å². The van der Waals surface area contributed by atoms with Crippen LogP contribution in [0.25, 0.3) is 0 Å². The Morgan fingerprint density at radius 1 is 1.47 bits per heavy atom. The van der Waals surface area contributed by atoms with Crippen LogP contribution >= 0.6 is 15.9 Å². The van der Waals surface area contributed by atoms with Crippen LogP contribution in [-0.2, 0) is 0 Å². The highest BCUT2D eigenvalue weighted by atomic mass is 79.9. The molecule has 4 nitrogen and oxygen atoms in total. The number of alkyl halides is 3. The van der Waals surface area contributed by atoms with Crippen molar-refractivity contribution in [1.82, 2.24) is 9.97 Å². The molecule has 94 valence electrons. The van der Waals surface area contributed by atoms with Crippen molar-refractivity contribution in [2.75, 3.05) is 18.0 Å². The summed E-state index contributed by atoms with van der Waals surface area (Å²) in [5.74, 6) is 0.361. The lowest BCUT2D eigenvalue weighted by atomic mass is 10.0. The molecule has 17 heavy (non-hydrogen) atoms. The van der Waals surface area contributed by atoms with Gasteiger partial charge in [-0.2, -0.15) is 13.2 Å². The number of aliphatic hydroxyl groups is 1. The predicted octanol–water partition coefficient (Wildman–Crippen LogP) is 1.74. The van der Waals surface area contributed by atoms with Crippen molar-refractivity contribution in [3.8, 4) is 0 Å². The second-order valence-electron chi connectivity index (χ2n) is 3.90. The molecule has 1 aromatic heterocycles. The van der Waals surface area contributed by atoms with Crippen molar-refractivity contribution in [3.63, 3.8) is 0 Å². The summed E-state index contributed by atoms with van der Waals surface area (Å²) in [5.41, 5.74) is -2.66. The van der Waals surface area contributed by atoms with Crippen LogP contribution in [-0.4, -0.2) is 39.9 Å². The fourth-order valence-corrected chi connectivity index (χ4v) is 2.22. The van der Waals surface area contributed by atoms with Crippen LogP contribution in [0, 0.1) is 0 Å². The van der Waals surface area contributed by atoms with Crippen molar-refractivity contribution < 1.29 is 18.3 Å². The van der Waals surface area contributed by atoms with Crippen LogP contribution in [0.2, 0.25) is 0 Å². The number of anilines is 1. The smallest absolute Gasteiger partial charge is 0.379 e. The monoisotopic (exact) mass is 311 g/mol. The number of rotatable bonds is 1. The molecule has 0 aromatic carbocycles. The van der Waals surface area contributed by atoms with E-state index < -0.39 is 18.3 Å². The van der Waals surface area contributed by atoms with Gasteiger partial charge in [-0.15, -0.1) is 0 Å². The maximum Gasteiger partial charge on any atom is 0.418 e. The van der Waals surface area contributed by atoms with Crippen LogP contribution in [0.4, 0.5) is 19.0 Å². The van der Waals surface area contributed by atoms with Gasteiger partial charge in [0.1, 0.15) is 12.1 Å². The highest BCUT2D eigenvalue weighted by Crippen LogP contribution is 2.39. The Kier molecular flexibility index (Phi) is 3.03. The molecule has 8 heteroatoms. The summed E-state index contributed by atoms with van der Waals surface area (Å²) < 4.78 is 38.3. The molecule has 0 spiro atoms. The van der Waals surface area contributed by atoms with Gasteiger partial charge in [0, 0.05) is 19.2 Å². The van der Waals surface area contributed by atoms with E-state index >= 15 is 0 Å². The molecule has 1 saturated heterocycles. The maximum atomic E-state index is 12.6. The number of hydrogen-bond acceptors (Lipinski definition) is 4. The van der Waals surface area contributed by atoms with E-state index in [-0.39, 0.29) is 13.0 Å². The number of hydrogen-bond donors (Lipinski definition) is 1. The van der Waals surface area contributed by atoms with E-state index in [4.69, 9.17) is 0 Å². The molecule has 1 aromatic rings. The van der Waals surface area contributed by atoms with Crippen LogP contribution in [0.3, 0.4) is 0 Å². The van der Waals surface area contributed by atoms with Crippen molar-refractivity contribution in [2.24, 2.45) is 0 Å². The molecule has 0 amide bonds. The molecule has 2 rings (SSSR count). The largest absolute Gasteiger partial charge is 0.418 e. The first-order valence-corrected chi connectivity index (χ1v) is 5.62. The molecule has 1 aliphatic heterocycles. The van der Waals surface area contributed by atoms with Crippen molar-refractivity contribution in [1.29, 1.82) is 0 Å². The summed E-state index contributed by atoms with van der Waals surface area (Å²) in [6, 6.07) is 0. The summed E-state index contributed by atoms with van der Waals surface area (Å²) in [6.07, 6.45) is -2.27. The zero-order valence-corrected chi connectivity index (χ0v) is 10.2. The van der Waals surface area contributed by atoms with Crippen LogP contribution in [0.15, 0.2) is 17.0 Å². The van der Waals surface area contributed by atoms with E-state index in [9.17, 15) is 18.3 Å². The van der Waals surface area contributed by atoms with Crippen molar-refractivity contribution in [3.05, 3.63) is 17.0 Å². The molecule has 0 aliphatic carbocycles. The number of β-amino-alcohol motifs (C(OH)–C–C–N with tert-alkyl or cyclic N) is 1. The molecule has 1 fully saturated rings. The molecular weight excluding hydrogens is 303 g/mol. The lowest BCUT2D eigenvalue weighted by molar-refractivity contribution is -0.250. The summed E-state index contributed by atoms with van der Waals surface area (Å²) in [5, 5.41) is 9.53. The molecule has 1 atom stereocenters. The summed E-state index contributed by atoms with van der Waals surface area (Å²) in [7, 11) is 0. The zero-order valence-electron chi connectivity index (χ0n) is 8.58. The first-order valence-electron chi connectivity index (χ1n) is 4.83. The lowest BCUT2D eigenvalue weighted by Crippen LogP contribution is -2.47. The SMILES string of the molecule is O[C@@]1(C(F)(F)F)CCN(c2ncncc2Br)C1. The Hall–Kier alpha value is -0.890. The van der Waals surface area contributed by atoms with E-state index in [2.05, 4.69) is 25.9 Å². The topological polar surface area (TPSA) is 49.2 Å². The van der Waals surface area contributed by atoms with Crippen LogP contribution < -0.4 is 4.90 Å². The molecule has 2 heterocycles. The highest BCUT2D eigenvalue weighted by Gasteiger charge is 2.57. The molecule has 0 unspecified atom stereocenters. The predicted molar refractivity (Wildman–Crippen MR) is 57.6 cm³/mol. The van der Waals surface area contributed by atoms with Crippen molar-refractivity contribution in [2.45, 2.75) is 18.2 Å². The van der Waals surface area contributed by atoms with E-state index in [1.165, 1.54) is 17.4 Å². The van der Waals surface area contributed by atoms with Gasteiger partial charge in [-0.05, 0) is 15.9 Å². The van der Waals surface area contributed by atoms with Gasteiger partial charge in [0.2, 0.25) is 0 Å². The van der Waals surface area contributed by atoms with Gasteiger partial charge in [0.25, 0.3) is 0 Å². The average Bonchev–Trinajstić information content (AvgIpc) is 2.62. The summed E-state index contributed by atoms with van der Waals surface area (Å²) >= 11 is 3.16. The third kappa shape index (κ3) is 2.23. The first kappa shape index (κ1) is 12.6. The van der Waals surface area contributed by atoms with Crippen LogP contribution in [0.1, 0.15) is 6.42 Å².